The Morgan fingerprint density at radius 1 is 1.24 bits per heavy atom. The molecule has 1 aliphatic rings. The van der Waals surface area contributed by atoms with E-state index in [4.69, 9.17) is 4.74 Å². The van der Waals surface area contributed by atoms with E-state index >= 15 is 0 Å². The van der Waals surface area contributed by atoms with Crippen LogP contribution in [-0.2, 0) is 5.41 Å². The third-order valence-electron chi connectivity index (χ3n) is 3.22. The number of ether oxygens (including phenoxy) is 1. The van der Waals surface area contributed by atoms with Crippen molar-refractivity contribution in [1.82, 2.24) is 0 Å². The van der Waals surface area contributed by atoms with Crippen LogP contribution in [0, 0.1) is 5.41 Å². The van der Waals surface area contributed by atoms with Crippen LogP contribution in [0.2, 0.25) is 0 Å². The van der Waals surface area contributed by atoms with Gasteiger partial charge in [0.15, 0.2) is 0 Å². The predicted octanol–water partition coefficient (Wildman–Crippen LogP) is 3.81. The molecule has 0 amide bonds. The maximum atomic E-state index is 5.87. The Morgan fingerprint density at radius 3 is 2.59 bits per heavy atom. The summed E-state index contributed by atoms with van der Waals surface area (Å²) in [5, 5.41) is 3.50. The van der Waals surface area contributed by atoms with Crippen LogP contribution in [0.25, 0.3) is 0 Å². The highest BCUT2D eigenvalue weighted by atomic mass is 16.5. The zero-order chi connectivity index (χ0) is 12.7. The van der Waals surface area contributed by atoms with Crippen LogP contribution in [0.5, 0.6) is 5.75 Å². The lowest BCUT2D eigenvalue weighted by Gasteiger charge is -2.21. The van der Waals surface area contributed by atoms with E-state index in [2.05, 4.69) is 58.1 Å². The van der Waals surface area contributed by atoms with E-state index in [1.807, 2.05) is 0 Å². The zero-order valence-corrected chi connectivity index (χ0v) is 11.6. The number of fused-ring (bicyclic) bond motifs is 1. The maximum absolute atomic E-state index is 5.87. The van der Waals surface area contributed by atoms with Crippen LogP contribution >= 0.6 is 0 Å². The Morgan fingerprint density at radius 2 is 1.94 bits per heavy atom. The number of nitrogens with one attached hydrogen (secondary N) is 1. The van der Waals surface area contributed by atoms with Crippen LogP contribution in [-0.4, -0.2) is 13.2 Å². The van der Waals surface area contributed by atoms with Crippen LogP contribution < -0.4 is 10.1 Å². The van der Waals surface area contributed by atoms with Gasteiger partial charge in [-0.2, -0.15) is 0 Å². The summed E-state index contributed by atoms with van der Waals surface area (Å²) in [6, 6.07) is 6.47. The van der Waals surface area contributed by atoms with E-state index in [0.717, 1.165) is 24.6 Å². The normalized spacial score (nSPS) is 18.6. The quantitative estimate of drug-likeness (QED) is 0.735. The van der Waals surface area contributed by atoms with E-state index in [-0.39, 0.29) is 10.8 Å². The van der Waals surface area contributed by atoms with E-state index in [0.29, 0.717) is 0 Å². The SMILES string of the molecule is CC1(C)CNc2cc(C(C)(C)C)ccc2OC1. The van der Waals surface area contributed by atoms with Crippen molar-refractivity contribution in [2.75, 3.05) is 18.5 Å². The molecule has 1 N–H and O–H groups in total. The Hall–Kier alpha value is -1.18. The number of hydrogen-bond acceptors (Lipinski definition) is 2. The first-order chi connectivity index (χ1) is 7.78. The van der Waals surface area contributed by atoms with Crippen molar-refractivity contribution in [3.05, 3.63) is 23.8 Å². The minimum atomic E-state index is 0.179. The molecule has 2 heteroatoms. The summed E-state index contributed by atoms with van der Waals surface area (Å²) in [7, 11) is 0. The molecule has 0 spiro atoms. The van der Waals surface area contributed by atoms with Gasteiger partial charge in [0.25, 0.3) is 0 Å². The van der Waals surface area contributed by atoms with Gasteiger partial charge in [-0.1, -0.05) is 40.7 Å². The molecule has 0 aromatic heterocycles. The largest absolute Gasteiger partial charge is 0.491 e. The number of rotatable bonds is 0. The van der Waals surface area contributed by atoms with Gasteiger partial charge in [0.2, 0.25) is 0 Å². The van der Waals surface area contributed by atoms with Gasteiger partial charge in [-0.05, 0) is 23.1 Å². The average molecular weight is 233 g/mol. The lowest BCUT2D eigenvalue weighted by atomic mass is 9.87. The topological polar surface area (TPSA) is 21.3 Å². The summed E-state index contributed by atoms with van der Waals surface area (Å²) in [5.41, 5.74) is 2.83. The van der Waals surface area contributed by atoms with Crippen LogP contribution in [0.15, 0.2) is 18.2 Å². The maximum Gasteiger partial charge on any atom is 0.142 e. The molecule has 2 rings (SSSR count). The molecule has 0 radical (unpaired) electrons. The minimum absolute atomic E-state index is 0.179. The van der Waals surface area contributed by atoms with Gasteiger partial charge < -0.3 is 10.1 Å². The average Bonchev–Trinajstić information content (AvgIpc) is 2.36. The molecule has 1 heterocycles. The van der Waals surface area contributed by atoms with Gasteiger partial charge in [0.05, 0.1) is 12.3 Å². The van der Waals surface area contributed by atoms with Crippen molar-refractivity contribution in [3.8, 4) is 5.75 Å². The van der Waals surface area contributed by atoms with Crippen molar-refractivity contribution in [1.29, 1.82) is 0 Å². The highest BCUT2D eigenvalue weighted by Gasteiger charge is 2.24. The molecule has 2 nitrogen and oxygen atoms in total. The molecule has 0 atom stereocenters. The van der Waals surface area contributed by atoms with Gasteiger partial charge in [-0.25, -0.2) is 0 Å². The van der Waals surface area contributed by atoms with Crippen molar-refractivity contribution in [2.45, 2.75) is 40.0 Å². The third kappa shape index (κ3) is 2.74. The molecule has 0 saturated carbocycles. The van der Waals surface area contributed by atoms with E-state index in [1.54, 1.807) is 0 Å². The lowest BCUT2D eigenvalue weighted by molar-refractivity contribution is 0.200. The van der Waals surface area contributed by atoms with Crippen LogP contribution in [0.3, 0.4) is 0 Å². The third-order valence-corrected chi connectivity index (χ3v) is 3.22. The molecule has 1 aliphatic heterocycles. The minimum Gasteiger partial charge on any atom is -0.491 e. The fourth-order valence-electron chi connectivity index (χ4n) is 1.92. The van der Waals surface area contributed by atoms with Gasteiger partial charge in [0.1, 0.15) is 5.75 Å². The summed E-state index contributed by atoms with van der Waals surface area (Å²) in [6.45, 7) is 12.9. The monoisotopic (exact) mass is 233 g/mol. The summed E-state index contributed by atoms with van der Waals surface area (Å²) >= 11 is 0. The summed E-state index contributed by atoms with van der Waals surface area (Å²) in [5.74, 6) is 0.976. The lowest BCUT2D eigenvalue weighted by Crippen LogP contribution is -2.27. The van der Waals surface area contributed by atoms with Crippen LogP contribution in [0.4, 0.5) is 5.69 Å². The molecule has 94 valence electrons. The molecule has 0 fully saturated rings. The molecular formula is C15H23NO. The first-order valence-electron chi connectivity index (χ1n) is 6.29. The van der Waals surface area contributed by atoms with Crippen molar-refractivity contribution in [3.63, 3.8) is 0 Å². The van der Waals surface area contributed by atoms with Gasteiger partial charge in [-0.3, -0.25) is 0 Å². The molecule has 1 aromatic rings. The van der Waals surface area contributed by atoms with Crippen LogP contribution in [0.1, 0.15) is 40.2 Å². The van der Waals surface area contributed by atoms with E-state index in [1.165, 1.54) is 5.56 Å². The second kappa shape index (κ2) is 3.94. The summed E-state index contributed by atoms with van der Waals surface area (Å²) in [6.07, 6.45) is 0. The van der Waals surface area contributed by atoms with Crippen molar-refractivity contribution in [2.24, 2.45) is 5.41 Å². The van der Waals surface area contributed by atoms with E-state index in [9.17, 15) is 0 Å². The standard InChI is InChI=1S/C15H23NO/c1-14(2,3)11-6-7-13-12(8-11)16-9-15(4,5)10-17-13/h6-8,16H,9-10H2,1-5H3. The molecular weight excluding hydrogens is 210 g/mol. The van der Waals surface area contributed by atoms with Gasteiger partial charge in [0, 0.05) is 12.0 Å². The molecule has 1 aromatic carbocycles. The van der Waals surface area contributed by atoms with E-state index < -0.39 is 0 Å². The molecule has 0 aliphatic carbocycles. The summed E-state index contributed by atoms with van der Waals surface area (Å²) in [4.78, 5) is 0. The first kappa shape index (κ1) is 12.3. The van der Waals surface area contributed by atoms with Crippen molar-refractivity contribution >= 4 is 5.69 Å². The van der Waals surface area contributed by atoms with Gasteiger partial charge >= 0.3 is 0 Å². The Labute approximate surface area is 104 Å². The molecule has 17 heavy (non-hydrogen) atoms. The number of hydrogen-bond donors (Lipinski definition) is 1. The predicted molar refractivity (Wildman–Crippen MR) is 72.9 cm³/mol. The fraction of sp³-hybridized carbons (Fsp3) is 0.600. The Balaban J connectivity index is 2.32. The number of benzene rings is 1. The number of anilines is 1. The highest BCUT2D eigenvalue weighted by Crippen LogP contribution is 2.35. The molecule has 0 bridgehead atoms. The zero-order valence-electron chi connectivity index (χ0n) is 11.6. The fourth-order valence-corrected chi connectivity index (χ4v) is 1.92. The molecule has 0 saturated heterocycles. The second-order valence-electron chi connectivity index (χ2n) is 6.77. The molecule has 0 unspecified atom stereocenters. The smallest absolute Gasteiger partial charge is 0.142 e. The second-order valence-corrected chi connectivity index (χ2v) is 6.77. The highest BCUT2D eigenvalue weighted by molar-refractivity contribution is 5.59. The Bertz CT molecular complexity index is 415. The first-order valence-corrected chi connectivity index (χ1v) is 6.29. The van der Waals surface area contributed by atoms with Gasteiger partial charge in [-0.15, -0.1) is 0 Å². The summed E-state index contributed by atoms with van der Waals surface area (Å²) < 4.78 is 5.87. The van der Waals surface area contributed by atoms with Crippen molar-refractivity contribution < 1.29 is 4.74 Å². The Kier molecular flexibility index (Phi) is 2.84.